The Kier molecular flexibility index (Phi) is 4.11. The van der Waals surface area contributed by atoms with Gasteiger partial charge in [0.25, 0.3) is 0 Å². The third-order valence-electron chi connectivity index (χ3n) is 3.03. The number of hydrogen-bond acceptors (Lipinski definition) is 6. The van der Waals surface area contributed by atoms with Crippen molar-refractivity contribution in [3.05, 3.63) is 52.3 Å². The molecule has 22 heavy (non-hydrogen) atoms. The van der Waals surface area contributed by atoms with Crippen molar-refractivity contribution in [1.82, 2.24) is 9.55 Å². The van der Waals surface area contributed by atoms with Gasteiger partial charge in [-0.1, -0.05) is 23.2 Å². The first kappa shape index (κ1) is 15.5. The van der Waals surface area contributed by atoms with Crippen LogP contribution in [0.4, 0.5) is 10.7 Å². The molecule has 0 amide bonds. The van der Waals surface area contributed by atoms with E-state index in [1.54, 1.807) is 44.2 Å². The molecular weight excluding hydrogens is 290 g/mol. The highest BCUT2D eigenvalue weighted by molar-refractivity contribution is 5.64. The number of rotatable bonds is 4. The number of nitro groups is 1. The van der Waals surface area contributed by atoms with E-state index in [9.17, 15) is 14.9 Å². The zero-order valence-electron chi connectivity index (χ0n) is 12.3. The average molecular weight is 305 g/mol. The summed E-state index contributed by atoms with van der Waals surface area (Å²) in [6, 6.07) is 8.46. The minimum absolute atomic E-state index is 0.330. The molecule has 0 saturated carbocycles. The molecule has 0 fully saturated rings. The smallest absolute Gasteiger partial charge is 0.420 e. The summed E-state index contributed by atoms with van der Waals surface area (Å²) < 4.78 is 11.6. The van der Waals surface area contributed by atoms with Gasteiger partial charge in [0, 0.05) is 0 Å². The Morgan fingerprint density at radius 1 is 1.32 bits per heavy atom. The molecule has 0 N–H and O–H groups in total. The maximum atomic E-state index is 11.8. The van der Waals surface area contributed by atoms with E-state index in [0.29, 0.717) is 11.4 Å². The Bertz CT molecular complexity index is 694. The maximum Gasteiger partial charge on any atom is 0.514 e. The number of benzene rings is 1. The number of para-hydroxylation sites is 1. The van der Waals surface area contributed by atoms with Crippen LogP contribution in [0, 0.1) is 10.1 Å². The number of imidazole rings is 1. The summed E-state index contributed by atoms with van der Waals surface area (Å²) in [4.78, 5) is 25.8. The quantitative estimate of drug-likeness (QED) is 0.373. The van der Waals surface area contributed by atoms with Crippen LogP contribution in [-0.2, 0) is 17.4 Å². The first-order chi connectivity index (χ1) is 10.3. The SMILES string of the molecule is Cn1c(C(C)(C)OC(=O)Oc2ccccc2)cnc1[N+](=O)[O-]. The van der Waals surface area contributed by atoms with E-state index in [-0.39, 0.29) is 5.95 Å². The van der Waals surface area contributed by atoms with Gasteiger partial charge in [-0.3, -0.25) is 0 Å². The molecule has 2 rings (SSSR count). The van der Waals surface area contributed by atoms with Crippen LogP contribution in [0.2, 0.25) is 0 Å². The third kappa shape index (κ3) is 3.22. The van der Waals surface area contributed by atoms with Crippen molar-refractivity contribution >= 4 is 12.1 Å². The number of aromatic nitrogens is 2. The Balaban J connectivity index is 2.14. The van der Waals surface area contributed by atoms with Gasteiger partial charge in [-0.2, -0.15) is 0 Å². The number of carbonyl (C=O) groups excluding carboxylic acids is 1. The van der Waals surface area contributed by atoms with Crippen molar-refractivity contribution in [2.24, 2.45) is 7.05 Å². The zero-order chi connectivity index (χ0) is 16.3. The summed E-state index contributed by atoms with van der Waals surface area (Å²) in [5.74, 6) is 0.0161. The van der Waals surface area contributed by atoms with Gasteiger partial charge in [0.05, 0.1) is 7.05 Å². The minimum Gasteiger partial charge on any atom is -0.420 e. The maximum absolute atomic E-state index is 11.8. The van der Waals surface area contributed by atoms with Crippen LogP contribution < -0.4 is 4.74 Å². The van der Waals surface area contributed by atoms with Crippen LogP contribution in [0.3, 0.4) is 0 Å². The topological polar surface area (TPSA) is 96.5 Å². The molecule has 0 unspecified atom stereocenters. The van der Waals surface area contributed by atoms with Gasteiger partial charge in [-0.15, -0.1) is 0 Å². The summed E-state index contributed by atoms with van der Waals surface area (Å²) in [6.45, 7) is 3.19. The van der Waals surface area contributed by atoms with Crippen molar-refractivity contribution in [1.29, 1.82) is 0 Å². The first-order valence-electron chi connectivity index (χ1n) is 6.43. The fourth-order valence-corrected chi connectivity index (χ4v) is 1.99. The van der Waals surface area contributed by atoms with E-state index in [2.05, 4.69) is 4.98 Å². The molecule has 2 aromatic rings. The van der Waals surface area contributed by atoms with Gasteiger partial charge in [0.2, 0.25) is 0 Å². The lowest BCUT2D eigenvalue weighted by atomic mass is 10.1. The number of ether oxygens (including phenoxy) is 2. The van der Waals surface area contributed by atoms with Crippen LogP contribution >= 0.6 is 0 Å². The molecule has 0 aliphatic heterocycles. The Morgan fingerprint density at radius 3 is 2.50 bits per heavy atom. The molecule has 8 nitrogen and oxygen atoms in total. The first-order valence-corrected chi connectivity index (χ1v) is 6.43. The average Bonchev–Trinajstić information content (AvgIpc) is 2.81. The van der Waals surface area contributed by atoms with Gasteiger partial charge in [0.15, 0.2) is 11.3 Å². The van der Waals surface area contributed by atoms with Crippen LogP contribution in [0.1, 0.15) is 19.5 Å². The predicted molar refractivity (Wildman–Crippen MR) is 76.4 cm³/mol. The normalized spacial score (nSPS) is 11.0. The lowest BCUT2D eigenvalue weighted by molar-refractivity contribution is -0.396. The van der Waals surface area contributed by atoms with E-state index in [1.165, 1.54) is 17.8 Å². The number of carbonyl (C=O) groups is 1. The molecule has 8 heteroatoms. The third-order valence-corrected chi connectivity index (χ3v) is 3.03. The Hall–Kier alpha value is -2.90. The lowest BCUT2D eigenvalue weighted by Gasteiger charge is -2.22. The number of nitrogens with zero attached hydrogens (tertiary/aromatic N) is 3. The molecule has 1 heterocycles. The second kappa shape index (κ2) is 5.84. The van der Waals surface area contributed by atoms with Crippen LogP contribution in [-0.4, -0.2) is 20.6 Å². The molecule has 0 saturated heterocycles. The van der Waals surface area contributed by atoms with Gasteiger partial charge < -0.3 is 19.6 Å². The molecule has 1 aromatic carbocycles. The van der Waals surface area contributed by atoms with E-state index < -0.39 is 16.7 Å². The van der Waals surface area contributed by atoms with Gasteiger partial charge in [0.1, 0.15) is 11.9 Å². The van der Waals surface area contributed by atoms with Gasteiger partial charge >= 0.3 is 12.1 Å². The molecule has 116 valence electrons. The second-order valence-corrected chi connectivity index (χ2v) is 5.04. The standard InChI is InChI=1S/C14H15N3O5/c1-14(2,11-9-15-12(16(11)3)17(19)20)22-13(18)21-10-7-5-4-6-8-10/h4-9H,1-3H3. The summed E-state index contributed by atoms with van der Waals surface area (Å²) in [6.07, 6.45) is 0.397. The Morgan fingerprint density at radius 2 is 1.95 bits per heavy atom. The Labute approximate surface area is 126 Å². The summed E-state index contributed by atoms with van der Waals surface area (Å²) in [7, 11) is 1.48. The van der Waals surface area contributed by atoms with Crippen molar-refractivity contribution in [2.75, 3.05) is 0 Å². The lowest BCUT2D eigenvalue weighted by Crippen LogP contribution is -2.29. The van der Waals surface area contributed by atoms with Crippen molar-refractivity contribution in [3.8, 4) is 5.75 Å². The molecule has 1 aromatic heterocycles. The van der Waals surface area contributed by atoms with Crippen molar-refractivity contribution in [2.45, 2.75) is 19.4 Å². The number of hydrogen-bond donors (Lipinski definition) is 0. The van der Waals surface area contributed by atoms with E-state index in [4.69, 9.17) is 9.47 Å². The van der Waals surface area contributed by atoms with E-state index in [0.717, 1.165) is 0 Å². The van der Waals surface area contributed by atoms with Gasteiger partial charge in [-0.05, 0) is 30.9 Å². The second-order valence-electron chi connectivity index (χ2n) is 5.04. The highest BCUT2D eigenvalue weighted by Crippen LogP contribution is 2.27. The predicted octanol–water partition coefficient (Wildman–Crippen LogP) is 2.78. The molecular formula is C14H15N3O5. The molecule has 0 spiro atoms. The summed E-state index contributed by atoms with van der Waals surface area (Å²) in [5, 5.41) is 10.8. The fraction of sp³-hybridized carbons (Fsp3) is 0.286. The fourth-order valence-electron chi connectivity index (χ4n) is 1.99. The molecule has 0 radical (unpaired) electrons. The van der Waals surface area contributed by atoms with E-state index >= 15 is 0 Å². The molecule has 0 aliphatic rings. The highest BCUT2D eigenvalue weighted by atomic mass is 16.7. The van der Waals surface area contributed by atoms with Crippen LogP contribution in [0.15, 0.2) is 36.5 Å². The molecule has 0 atom stereocenters. The monoisotopic (exact) mass is 305 g/mol. The van der Waals surface area contributed by atoms with Crippen LogP contribution in [0.25, 0.3) is 0 Å². The highest BCUT2D eigenvalue weighted by Gasteiger charge is 2.35. The van der Waals surface area contributed by atoms with Gasteiger partial charge in [-0.25, -0.2) is 9.36 Å². The molecule has 0 bridgehead atoms. The van der Waals surface area contributed by atoms with E-state index in [1.807, 2.05) is 0 Å². The molecule has 0 aliphatic carbocycles. The summed E-state index contributed by atoms with van der Waals surface area (Å²) >= 11 is 0. The summed E-state index contributed by atoms with van der Waals surface area (Å²) in [5.41, 5.74) is -0.758. The largest absolute Gasteiger partial charge is 0.514 e. The van der Waals surface area contributed by atoms with Crippen LogP contribution in [0.5, 0.6) is 5.75 Å². The van der Waals surface area contributed by atoms with Crippen molar-refractivity contribution in [3.63, 3.8) is 0 Å². The zero-order valence-corrected chi connectivity index (χ0v) is 12.3. The van der Waals surface area contributed by atoms with Crippen molar-refractivity contribution < 1.29 is 19.2 Å². The minimum atomic E-state index is -1.14.